The molecule has 1 heterocycles. The lowest BCUT2D eigenvalue weighted by molar-refractivity contribution is -0.000643. The molecule has 1 aromatic heterocycles. The predicted molar refractivity (Wildman–Crippen MR) is 165 cm³/mol. The highest BCUT2D eigenvalue weighted by molar-refractivity contribution is 5.96. The summed E-state index contributed by atoms with van der Waals surface area (Å²) in [4.78, 5) is 29.6. The average molecular weight is 611 g/mol. The van der Waals surface area contributed by atoms with Crippen LogP contribution in [0, 0.1) is 12.7 Å². The molecule has 10 heteroatoms. The molecule has 0 aliphatic carbocycles. The fourth-order valence-corrected chi connectivity index (χ4v) is 4.35. The summed E-state index contributed by atoms with van der Waals surface area (Å²) in [5.41, 5.74) is 7.38. The zero-order valence-corrected chi connectivity index (χ0v) is 26.7. The molecule has 238 valence electrons. The van der Waals surface area contributed by atoms with Crippen molar-refractivity contribution in [1.82, 2.24) is 4.98 Å². The molecule has 0 bridgehead atoms. The molecule has 0 amide bonds. The molecular weight excluding hydrogens is 567 g/mol. The van der Waals surface area contributed by atoms with Crippen molar-refractivity contribution in [2.45, 2.75) is 84.7 Å². The lowest BCUT2D eigenvalue weighted by Crippen LogP contribution is -2.31. The number of rotatable bonds is 13. The topological polar surface area (TPSA) is 130 Å². The fourth-order valence-electron chi connectivity index (χ4n) is 4.35. The Morgan fingerprint density at radius 3 is 2.32 bits per heavy atom. The van der Waals surface area contributed by atoms with Gasteiger partial charge in [0.15, 0.2) is 17.3 Å². The van der Waals surface area contributed by atoms with Crippen LogP contribution in [0.3, 0.4) is 0 Å². The molecule has 1 unspecified atom stereocenters. The average Bonchev–Trinajstić information content (AvgIpc) is 2.95. The Morgan fingerprint density at radius 2 is 1.70 bits per heavy atom. The molecule has 0 fully saturated rings. The summed E-state index contributed by atoms with van der Waals surface area (Å²) >= 11 is 0. The summed E-state index contributed by atoms with van der Waals surface area (Å²) in [5.74, 6) is 0.169. The van der Waals surface area contributed by atoms with Crippen LogP contribution in [-0.4, -0.2) is 48.0 Å². The number of nitrogens with zero attached hydrogens (tertiary/aromatic N) is 1. The summed E-state index contributed by atoms with van der Waals surface area (Å²) in [6.07, 6.45) is -1.57. The molecule has 0 saturated carbocycles. The van der Waals surface area contributed by atoms with Gasteiger partial charge in [-0.1, -0.05) is 0 Å². The lowest BCUT2D eigenvalue weighted by Gasteiger charge is -2.27. The van der Waals surface area contributed by atoms with E-state index in [0.717, 1.165) is 5.56 Å². The first-order chi connectivity index (χ1) is 20.5. The first-order valence-electron chi connectivity index (χ1n) is 14.5. The van der Waals surface area contributed by atoms with E-state index in [2.05, 4.69) is 0 Å². The Labute approximate surface area is 258 Å². The Morgan fingerprint density at radius 1 is 1.00 bits per heavy atom. The Bertz CT molecular complexity index is 1480. The zero-order valence-electron chi connectivity index (χ0n) is 26.7. The second-order valence-electron chi connectivity index (χ2n) is 12.0. The van der Waals surface area contributed by atoms with Crippen molar-refractivity contribution in [3.05, 3.63) is 76.7 Å². The molecule has 0 radical (unpaired) electrons. The second-order valence-corrected chi connectivity index (χ2v) is 12.0. The Kier molecular flexibility index (Phi) is 11.1. The monoisotopic (exact) mass is 610 g/mol. The maximum atomic E-state index is 13.9. The highest BCUT2D eigenvalue weighted by Gasteiger charge is 2.29. The number of hydrogen-bond acceptors (Lipinski definition) is 9. The minimum absolute atomic E-state index is 0.0160. The fraction of sp³-hybridized carbons (Fsp3) is 0.441. The van der Waals surface area contributed by atoms with Crippen LogP contribution < -0.4 is 15.2 Å². The van der Waals surface area contributed by atoms with Crippen LogP contribution in [0.15, 0.2) is 48.5 Å². The third-order valence-corrected chi connectivity index (χ3v) is 7.00. The zero-order chi connectivity index (χ0) is 32.8. The summed E-state index contributed by atoms with van der Waals surface area (Å²) in [6.45, 7) is 12.1. The van der Waals surface area contributed by atoms with Gasteiger partial charge in [0.1, 0.15) is 24.1 Å². The van der Waals surface area contributed by atoms with E-state index >= 15 is 0 Å². The summed E-state index contributed by atoms with van der Waals surface area (Å²) in [7, 11) is 1.46. The lowest BCUT2D eigenvalue weighted by atomic mass is 9.88. The second kappa shape index (κ2) is 14.2. The van der Waals surface area contributed by atoms with Gasteiger partial charge in [-0.25, -0.2) is 14.2 Å². The first kappa shape index (κ1) is 34.5. The van der Waals surface area contributed by atoms with E-state index in [1.165, 1.54) is 13.2 Å². The Balaban J connectivity index is 1.75. The number of aryl methyl sites for hydroxylation is 1. The van der Waals surface area contributed by atoms with E-state index < -0.39 is 23.4 Å². The van der Waals surface area contributed by atoms with Gasteiger partial charge >= 0.3 is 6.16 Å². The molecule has 44 heavy (non-hydrogen) atoms. The van der Waals surface area contributed by atoms with Gasteiger partial charge in [-0.3, -0.25) is 4.79 Å². The van der Waals surface area contributed by atoms with Crippen molar-refractivity contribution in [2.75, 3.05) is 13.7 Å². The molecule has 0 spiro atoms. The number of carbonyl (C=O) groups is 2. The van der Waals surface area contributed by atoms with Gasteiger partial charge in [0, 0.05) is 23.1 Å². The normalized spacial score (nSPS) is 13.6. The van der Waals surface area contributed by atoms with Crippen LogP contribution >= 0.6 is 0 Å². The minimum atomic E-state index is -1.47. The van der Waals surface area contributed by atoms with Crippen LogP contribution in [0.25, 0.3) is 11.3 Å². The van der Waals surface area contributed by atoms with Gasteiger partial charge in [0.25, 0.3) is 0 Å². The van der Waals surface area contributed by atoms with Crippen molar-refractivity contribution < 1.29 is 38.0 Å². The number of aromatic nitrogens is 1. The van der Waals surface area contributed by atoms with Crippen LogP contribution in [0.1, 0.15) is 81.6 Å². The van der Waals surface area contributed by atoms with Gasteiger partial charge < -0.3 is 29.8 Å². The number of carbonyl (C=O) groups excluding carboxylic acids is 2. The number of ketones is 1. The number of pyridine rings is 1. The minimum Gasteiger partial charge on any atom is -0.493 e. The largest absolute Gasteiger partial charge is 0.508 e. The van der Waals surface area contributed by atoms with Gasteiger partial charge in [-0.2, -0.15) is 0 Å². The quantitative estimate of drug-likeness (QED) is 0.162. The standard InChI is InChI=1S/C34H43FN2O7/c1-20(2)43-32(39)44-22(4)19-42-29-12-10-24(16-30(29)41-8)28(38)13-14-34(7,40)31-18-25(33(5,6)36)17-27(37-31)23-9-11-26(35)21(3)15-23/h9-12,15-18,20,22,40H,13-14,19,36H2,1-8H3/t22-,34?/m1/s1. The maximum absolute atomic E-state index is 13.9. The molecule has 9 nitrogen and oxygen atoms in total. The number of aliphatic hydroxyl groups is 1. The molecular formula is C34H43FN2O7. The van der Waals surface area contributed by atoms with Crippen LogP contribution in [0.2, 0.25) is 0 Å². The van der Waals surface area contributed by atoms with Crippen molar-refractivity contribution in [3.63, 3.8) is 0 Å². The van der Waals surface area contributed by atoms with Crippen LogP contribution in [0.4, 0.5) is 9.18 Å². The van der Waals surface area contributed by atoms with Gasteiger partial charge in [0.2, 0.25) is 0 Å². The molecule has 2 aromatic carbocycles. The number of hydrogen-bond donors (Lipinski definition) is 2. The number of halogens is 1. The molecule has 3 aromatic rings. The molecule has 2 atom stereocenters. The highest BCUT2D eigenvalue weighted by atomic mass is 19.1. The predicted octanol–water partition coefficient (Wildman–Crippen LogP) is 6.60. The molecule has 3 N–H and O–H groups in total. The molecule has 0 saturated heterocycles. The van der Waals surface area contributed by atoms with Crippen LogP contribution in [0.5, 0.6) is 11.5 Å². The van der Waals surface area contributed by atoms with E-state index in [-0.39, 0.29) is 37.2 Å². The number of Topliss-reactive ketones (excluding diaryl/α,β-unsaturated/α-hetero) is 1. The molecule has 3 rings (SSSR count). The van der Waals surface area contributed by atoms with Crippen molar-refractivity contribution in [3.8, 4) is 22.8 Å². The summed E-state index contributed by atoms with van der Waals surface area (Å²) in [6, 6.07) is 13.1. The van der Waals surface area contributed by atoms with E-state index in [4.69, 9.17) is 29.7 Å². The number of benzene rings is 2. The van der Waals surface area contributed by atoms with E-state index in [0.29, 0.717) is 39.6 Å². The first-order valence-corrected chi connectivity index (χ1v) is 14.5. The van der Waals surface area contributed by atoms with Gasteiger partial charge in [-0.15, -0.1) is 0 Å². The number of nitrogens with two attached hydrogens (primary N) is 1. The third-order valence-electron chi connectivity index (χ3n) is 7.00. The number of ether oxygens (including phenoxy) is 4. The van der Waals surface area contributed by atoms with Gasteiger partial charge in [0.05, 0.1) is 24.6 Å². The number of methoxy groups -OCH3 is 1. The third kappa shape index (κ3) is 9.24. The van der Waals surface area contributed by atoms with Crippen LogP contribution in [-0.2, 0) is 20.6 Å². The van der Waals surface area contributed by atoms with E-state index in [9.17, 15) is 19.1 Å². The van der Waals surface area contributed by atoms with E-state index in [1.807, 2.05) is 19.9 Å². The molecule has 0 aliphatic rings. The smallest absolute Gasteiger partial charge is 0.493 e. The molecule has 0 aliphatic heterocycles. The maximum Gasteiger partial charge on any atom is 0.508 e. The Hall–Kier alpha value is -4.02. The van der Waals surface area contributed by atoms with Crippen molar-refractivity contribution in [1.29, 1.82) is 0 Å². The van der Waals surface area contributed by atoms with E-state index in [1.54, 1.807) is 71.0 Å². The van der Waals surface area contributed by atoms with Gasteiger partial charge in [-0.05, 0) is 115 Å². The van der Waals surface area contributed by atoms with Crippen molar-refractivity contribution >= 4 is 11.9 Å². The summed E-state index contributed by atoms with van der Waals surface area (Å²) < 4.78 is 35.2. The highest BCUT2D eigenvalue weighted by Crippen LogP contribution is 2.33. The SMILES string of the molecule is COc1cc(C(=O)CCC(C)(O)c2cc(C(C)(C)N)cc(-c3ccc(F)c(C)c3)n2)ccc1OC[C@@H](C)OC(=O)OC(C)C. The summed E-state index contributed by atoms with van der Waals surface area (Å²) in [5, 5.41) is 11.5. The van der Waals surface area contributed by atoms with Crippen molar-refractivity contribution in [2.24, 2.45) is 5.73 Å².